The van der Waals surface area contributed by atoms with Crippen LogP contribution in [-0.4, -0.2) is 89.0 Å². The molecule has 0 aromatic rings. The Morgan fingerprint density at radius 1 is 0.585 bits per heavy atom. The smallest absolute Gasteiger partial charge is 0.306 e. The number of carbonyl (C=O) groups excluding carboxylic acids is 2. The summed E-state index contributed by atoms with van der Waals surface area (Å²) < 4.78 is 22.0. The summed E-state index contributed by atoms with van der Waals surface area (Å²) in [6.45, 7) is 3.06. The minimum absolute atomic E-state index is 0.196. The van der Waals surface area contributed by atoms with E-state index in [1.54, 1.807) is 0 Å². The third-order valence-corrected chi connectivity index (χ3v) is 8.43. The molecule has 1 aliphatic rings. The van der Waals surface area contributed by atoms with E-state index < -0.39 is 55.4 Å². The van der Waals surface area contributed by atoms with Crippen molar-refractivity contribution < 1.29 is 49.0 Å². The lowest BCUT2D eigenvalue weighted by molar-refractivity contribution is -0.305. The molecule has 53 heavy (non-hydrogen) atoms. The van der Waals surface area contributed by atoms with Crippen molar-refractivity contribution in [1.82, 2.24) is 0 Å². The van der Waals surface area contributed by atoms with Crippen LogP contribution in [0.5, 0.6) is 0 Å². The number of ether oxygens (including phenoxy) is 4. The van der Waals surface area contributed by atoms with Crippen LogP contribution in [0, 0.1) is 0 Å². The van der Waals surface area contributed by atoms with Crippen molar-refractivity contribution in [2.75, 3.05) is 19.8 Å². The lowest BCUT2D eigenvalue weighted by atomic mass is 9.99. The van der Waals surface area contributed by atoms with Gasteiger partial charge < -0.3 is 39.4 Å². The van der Waals surface area contributed by atoms with Gasteiger partial charge in [0.1, 0.15) is 31.0 Å². The summed E-state index contributed by atoms with van der Waals surface area (Å²) in [5.41, 5.74) is 0. The van der Waals surface area contributed by atoms with Crippen LogP contribution < -0.4 is 0 Å². The topological polar surface area (TPSA) is 152 Å². The zero-order valence-electron chi connectivity index (χ0n) is 32.2. The van der Waals surface area contributed by atoms with Crippen molar-refractivity contribution in [3.63, 3.8) is 0 Å². The first-order valence-electron chi connectivity index (χ1n) is 19.7. The number of unbranched alkanes of at least 4 members (excludes halogenated alkanes) is 10. The first kappa shape index (κ1) is 47.9. The molecule has 0 saturated carbocycles. The SMILES string of the molecule is CC/C=C/C=C/C=C/C=C/CCCCCCCC(=O)OCC(CO[C@H]1O[C@@H](CO)[C@@H](O)C(O)C1O)OC(=O)CCCCCCC/C=C/C=C/C=C/CC. The zero-order valence-corrected chi connectivity index (χ0v) is 32.2. The molecule has 1 rings (SSSR count). The molecule has 0 amide bonds. The largest absolute Gasteiger partial charge is 0.462 e. The van der Waals surface area contributed by atoms with Crippen molar-refractivity contribution in [2.24, 2.45) is 0 Å². The molecule has 1 aliphatic heterocycles. The Bertz CT molecular complexity index is 1140. The lowest BCUT2D eigenvalue weighted by Gasteiger charge is -2.39. The number of hydrogen-bond donors (Lipinski definition) is 4. The molecule has 0 radical (unpaired) electrons. The van der Waals surface area contributed by atoms with Gasteiger partial charge in [0.15, 0.2) is 12.4 Å². The Morgan fingerprint density at radius 2 is 1.06 bits per heavy atom. The average molecular weight is 745 g/mol. The number of esters is 2. The number of carbonyl (C=O) groups is 2. The van der Waals surface area contributed by atoms with Gasteiger partial charge in [-0.25, -0.2) is 0 Å². The molecule has 1 heterocycles. The number of aliphatic hydroxyl groups is 4. The first-order chi connectivity index (χ1) is 25.8. The fourth-order valence-electron chi connectivity index (χ4n) is 5.31. The summed E-state index contributed by atoms with van der Waals surface area (Å²) in [7, 11) is 0. The van der Waals surface area contributed by atoms with Crippen LogP contribution in [0.25, 0.3) is 0 Å². The predicted molar refractivity (Wildman–Crippen MR) is 210 cm³/mol. The third kappa shape index (κ3) is 25.5. The van der Waals surface area contributed by atoms with Gasteiger partial charge in [-0.1, -0.05) is 137 Å². The normalized spacial score (nSPS) is 21.8. The number of allylic oxidation sites excluding steroid dienone is 14. The van der Waals surface area contributed by atoms with Crippen LogP contribution in [0.1, 0.15) is 117 Å². The zero-order chi connectivity index (χ0) is 38.8. The van der Waals surface area contributed by atoms with E-state index in [1.807, 2.05) is 48.6 Å². The average Bonchev–Trinajstić information content (AvgIpc) is 3.15. The highest BCUT2D eigenvalue weighted by atomic mass is 16.7. The second-order valence-corrected chi connectivity index (χ2v) is 13.1. The molecular formula is C43H68O10. The Labute approximate surface area is 318 Å². The fourth-order valence-corrected chi connectivity index (χ4v) is 5.31. The van der Waals surface area contributed by atoms with E-state index in [4.69, 9.17) is 18.9 Å². The molecule has 10 heteroatoms. The van der Waals surface area contributed by atoms with Gasteiger partial charge in [-0.05, 0) is 51.4 Å². The Morgan fingerprint density at radius 3 is 1.58 bits per heavy atom. The summed E-state index contributed by atoms with van der Waals surface area (Å²) >= 11 is 0. The molecule has 3 unspecified atom stereocenters. The minimum atomic E-state index is -1.61. The molecule has 1 fully saturated rings. The number of rotatable bonds is 30. The van der Waals surface area contributed by atoms with Crippen molar-refractivity contribution in [3.8, 4) is 0 Å². The van der Waals surface area contributed by atoms with Gasteiger partial charge in [0.05, 0.1) is 13.2 Å². The minimum Gasteiger partial charge on any atom is -0.462 e. The molecule has 0 spiro atoms. The van der Waals surface area contributed by atoms with Crippen LogP contribution in [-0.2, 0) is 28.5 Å². The summed E-state index contributed by atoms with van der Waals surface area (Å²) in [5, 5.41) is 39.9. The van der Waals surface area contributed by atoms with Gasteiger partial charge >= 0.3 is 11.9 Å². The fraction of sp³-hybridized carbons (Fsp3) is 0.628. The second kappa shape index (κ2) is 33.4. The van der Waals surface area contributed by atoms with Crippen molar-refractivity contribution in [1.29, 1.82) is 0 Å². The highest BCUT2D eigenvalue weighted by molar-refractivity contribution is 5.70. The maximum Gasteiger partial charge on any atom is 0.306 e. The van der Waals surface area contributed by atoms with Crippen molar-refractivity contribution in [3.05, 3.63) is 85.1 Å². The number of hydrogen-bond acceptors (Lipinski definition) is 10. The van der Waals surface area contributed by atoms with E-state index >= 15 is 0 Å². The first-order valence-corrected chi connectivity index (χ1v) is 19.7. The van der Waals surface area contributed by atoms with Gasteiger partial charge in [-0.3, -0.25) is 9.59 Å². The van der Waals surface area contributed by atoms with E-state index in [1.165, 1.54) is 0 Å². The summed E-state index contributed by atoms with van der Waals surface area (Å²) in [6.07, 6.45) is 34.5. The second-order valence-electron chi connectivity index (χ2n) is 13.1. The van der Waals surface area contributed by atoms with E-state index in [9.17, 15) is 30.0 Å². The summed E-state index contributed by atoms with van der Waals surface area (Å²) in [4.78, 5) is 25.2. The van der Waals surface area contributed by atoms with Gasteiger partial charge in [-0.2, -0.15) is 0 Å². The Kier molecular flexibility index (Phi) is 30.2. The highest BCUT2D eigenvalue weighted by Gasteiger charge is 2.44. The van der Waals surface area contributed by atoms with Gasteiger partial charge in [0.25, 0.3) is 0 Å². The molecule has 4 N–H and O–H groups in total. The van der Waals surface area contributed by atoms with Gasteiger partial charge in [0.2, 0.25) is 0 Å². The summed E-state index contributed by atoms with van der Waals surface area (Å²) in [5.74, 6) is -0.870. The predicted octanol–water partition coefficient (Wildman–Crippen LogP) is 7.43. The molecule has 1 saturated heterocycles. The monoisotopic (exact) mass is 744 g/mol. The third-order valence-electron chi connectivity index (χ3n) is 8.43. The van der Waals surface area contributed by atoms with Crippen LogP contribution in [0.4, 0.5) is 0 Å². The quantitative estimate of drug-likeness (QED) is 0.0332. The Balaban J connectivity index is 2.43. The molecule has 0 aromatic heterocycles. The van der Waals surface area contributed by atoms with Crippen molar-refractivity contribution in [2.45, 2.75) is 153 Å². The standard InChI is InChI=1S/C43H68O10/c1-3-5-7-9-11-13-15-17-18-20-21-23-25-27-29-31-38(45)50-34-36(35-51-43-42(49)41(48)40(47)37(33-44)53-43)52-39(46)32-30-28-26-24-22-19-16-14-12-10-8-6-4-2/h5-18,36-37,40-44,47-49H,3-4,19-35H2,1-2H3/b7-5+,8-6+,11-9+,12-10+,15-13+,16-14+,18-17+/t36?,37-,40+,41?,42?,43-/m0/s1. The maximum atomic E-state index is 12.7. The summed E-state index contributed by atoms with van der Waals surface area (Å²) in [6, 6.07) is 0. The van der Waals surface area contributed by atoms with E-state index in [2.05, 4.69) is 50.3 Å². The van der Waals surface area contributed by atoms with Crippen LogP contribution in [0.15, 0.2) is 85.1 Å². The van der Waals surface area contributed by atoms with Crippen LogP contribution in [0.2, 0.25) is 0 Å². The maximum absolute atomic E-state index is 12.7. The highest BCUT2D eigenvalue weighted by Crippen LogP contribution is 2.22. The van der Waals surface area contributed by atoms with Gasteiger partial charge in [0, 0.05) is 12.8 Å². The molecule has 0 aromatic carbocycles. The van der Waals surface area contributed by atoms with E-state index in [-0.39, 0.29) is 26.1 Å². The molecule has 6 atom stereocenters. The van der Waals surface area contributed by atoms with Crippen LogP contribution in [0.3, 0.4) is 0 Å². The van der Waals surface area contributed by atoms with E-state index in [0.29, 0.717) is 12.8 Å². The van der Waals surface area contributed by atoms with Gasteiger partial charge in [-0.15, -0.1) is 0 Å². The van der Waals surface area contributed by atoms with Crippen LogP contribution >= 0.6 is 0 Å². The Hall–Kier alpha value is -3.12. The van der Waals surface area contributed by atoms with Crippen molar-refractivity contribution >= 4 is 11.9 Å². The molecule has 0 aliphatic carbocycles. The van der Waals surface area contributed by atoms with E-state index in [0.717, 1.165) is 77.0 Å². The number of aliphatic hydroxyl groups excluding tert-OH is 4. The molecule has 10 nitrogen and oxygen atoms in total. The molecular weight excluding hydrogens is 676 g/mol. The molecule has 0 bridgehead atoms. The molecule has 300 valence electrons. The lowest BCUT2D eigenvalue weighted by Crippen LogP contribution is -2.59.